The van der Waals surface area contributed by atoms with Crippen LogP contribution in [0.25, 0.3) is 0 Å². The van der Waals surface area contributed by atoms with Gasteiger partial charge in [0.1, 0.15) is 13.2 Å². The minimum absolute atomic E-state index is 0.147. The number of cyclic esters (lactones) is 2. The number of benzene rings is 1. The summed E-state index contributed by atoms with van der Waals surface area (Å²) in [6, 6.07) is 3.75. The first-order valence-corrected chi connectivity index (χ1v) is 12.3. The van der Waals surface area contributed by atoms with Gasteiger partial charge in [0, 0.05) is 24.2 Å². The zero-order valence-corrected chi connectivity index (χ0v) is 19.4. The topological polar surface area (TPSA) is 96.4 Å². The smallest absolute Gasteiger partial charge is 0.338 e. The summed E-state index contributed by atoms with van der Waals surface area (Å²) in [7, 11) is 0. The third-order valence-electron chi connectivity index (χ3n) is 8.54. The number of carbonyl (C=O) groups excluding carboxylic acids is 3. The maximum absolute atomic E-state index is 13.7. The summed E-state index contributed by atoms with van der Waals surface area (Å²) >= 11 is 0. The molecular weight excluding hydrogens is 436 g/mol. The fourth-order valence-corrected chi connectivity index (χ4v) is 6.34. The Balaban J connectivity index is 1.14. The molecule has 1 aromatic carbocycles. The summed E-state index contributed by atoms with van der Waals surface area (Å²) < 4.78 is 10.2. The van der Waals surface area contributed by atoms with E-state index in [4.69, 9.17) is 9.47 Å². The lowest BCUT2D eigenvalue weighted by Gasteiger charge is -2.38. The normalized spacial score (nSPS) is 27.1. The van der Waals surface area contributed by atoms with Crippen molar-refractivity contribution in [3.8, 4) is 0 Å². The van der Waals surface area contributed by atoms with Crippen LogP contribution in [-0.4, -0.2) is 65.0 Å². The van der Waals surface area contributed by atoms with E-state index in [1.807, 2.05) is 17.9 Å². The number of β-amino-alcohol motifs (C(OH)–C–C–N with tert-alkyl or cyclic N) is 1. The molecule has 4 aliphatic heterocycles. The van der Waals surface area contributed by atoms with E-state index in [-0.39, 0.29) is 42.5 Å². The number of fused-ring (bicyclic) bond motifs is 1. The summed E-state index contributed by atoms with van der Waals surface area (Å²) in [6.07, 6.45) is 5.45. The molecule has 2 atom stereocenters. The Morgan fingerprint density at radius 1 is 1.12 bits per heavy atom. The van der Waals surface area contributed by atoms with E-state index in [1.54, 1.807) is 6.07 Å². The number of nitrogens with zero attached hydrogens (tertiary/aromatic N) is 2. The number of carbonyl (C=O) groups is 3. The van der Waals surface area contributed by atoms with Gasteiger partial charge in [-0.3, -0.25) is 4.79 Å². The predicted molar refractivity (Wildman–Crippen MR) is 120 cm³/mol. The molecule has 2 saturated heterocycles. The van der Waals surface area contributed by atoms with Crippen molar-refractivity contribution in [3.63, 3.8) is 0 Å². The van der Waals surface area contributed by atoms with E-state index < -0.39 is 6.10 Å². The Morgan fingerprint density at radius 2 is 1.88 bits per heavy atom. The highest BCUT2D eigenvalue weighted by Crippen LogP contribution is 2.52. The van der Waals surface area contributed by atoms with E-state index >= 15 is 0 Å². The second-order valence-corrected chi connectivity index (χ2v) is 10.5. The summed E-state index contributed by atoms with van der Waals surface area (Å²) in [5.41, 5.74) is 3.53. The van der Waals surface area contributed by atoms with Crippen molar-refractivity contribution in [1.29, 1.82) is 0 Å². The lowest BCUT2D eigenvalue weighted by molar-refractivity contribution is -0.139. The van der Waals surface area contributed by atoms with Crippen molar-refractivity contribution in [3.05, 3.63) is 46.2 Å². The number of esters is 2. The van der Waals surface area contributed by atoms with E-state index in [0.29, 0.717) is 18.0 Å². The van der Waals surface area contributed by atoms with Gasteiger partial charge >= 0.3 is 11.9 Å². The van der Waals surface area contributed by atoms with Crippen LogP contribution in [-0.2, 0) is 25.7 Å². The number of amides is 1. The maximum Gasteiger partial charge on any atom is 0.338 e. The minimum atomic E-state index is -0.670. The Morgan fingerprint density at radius 3 is 2.56 bits per heavy atom. The number of ether oxygens (including phenoxy) is 2. The van der Waals surface area contributed by atoms with Crippen molar-refractivity contribution in [2.45, 2.75) is 57.8 Å². The molecule has 1 amide bonds. The molecule has 1 N–H and O–H groups in total. The van der Waals surface area contributed by atoms with Crippen LogP contribution in [0, 0.1) is 18.3 Å². The molecule has 3 fully saturated rings. The SMILES string of the molecule is Cc1c([C@@H](O)CN2CCC3(CC2)C[C@@H](C2CC2)N(C2=CC(=O)OC2)C3=O)ccc2c1COC2=O. The van der Waals surface area contributed by atoms with E-state index in [1.165, 1.54) is 6.08 Å². The third-order valence-corrected chi connectivity index (χ3v) is 8.54. The molecule has 0 radical (unpaired) electrons. The lowest BCUT2D eigenvalue weighted by atomic mass is 9.75. The first-order chi connectivity index (χ1) is 16.4. The van der Waals surface area contributed by atoms with Gasteiger partial charge in [-0.05, 0) is 75.2 Å². The molecule has 1 spiro atoms. The number of likely N-dealkylation sites (tertiary alicyclic amines) is 2. The maximum atomic E-state index is 13.7. The van der Waals surface area contributed by atoms with Crippen LogP contribution in [0.5, 0.6) is 0 Å². The first kappa shape index (κ1) is 21.8. The molecule has 180 valence electrons. The second kappa shape index (κ2) is 7.92. The standard InChI is InChI=1S/C26H30N2O6/c1-15-18(4-5-19-20(15)14-34-24(19)31)22(29)12-27-8-6-26(7-9-27)11-21(16-2-3-16)28(25(26)32)17-10-23(30)33-13-17/h4-5,10,16,21-22,29H,2-3,6-9,11-14H2,1H3/t21-,22-/m0/s1. The summed E-state index contributed by atoms with van der Waals surface area (Å²) in [5, 5.41) is 11.0. The fourth-order valence-electron chi connectivity index (χ4n) is 6.34. The van der Waals surface area contributed by atoms with Crippen LogP contribution in [0.3, 0.4) is 0 Å². The molecule has 1 saturated carbocycles. The average Bonchev–Trinajstić information content (AvgIpc) is 3.38. The van der Waals surface area contributed by atoms with E-state index in [9.17, 15) is 19.5 Å². The van der Waals surface area contributed by atoms with E-state index in [2.05, 4.69) is 4.90 Å². The highest BCUT2D eigenvalue weighted by Gasteiger charge is 2.57. The monoisotopic (exact) mass is 466 g/mol. The van der Waals surface area contributed by atoms with Gasteiger partial charge in [-0.2, -0.15) is 0 Å². The van der Waals surface area contributed by atoms with Crippen molar-refractivity contribution in [2.24, 2.45) is 11.3 Å². The molecule has 1 aromatic rings. The van der Waals surface area contributed by atoms with Gasteiger partial charge in [-0.25, -0.2) is 9.59 Å². The van der Waals surface area contributed by atoms with Crippen LogP contribution >= 0.6 is 0 Å². The average molecular weight is 467 g/mol. The molecule has 0 unspecified atom stereocenters. The minimum Gasteiger partial charge on any atom is -0.457 e. The van der Waals surface area contributed by atoms with Gasteiger partial charge in [0.05, 0.1) is 22.8 Å². The summed E-state index contributed by atoms with van der Waals surface area (Å²) in [6.45, 7) is 4.37. The van der Waals surface area contributed by atoms with Gasteiger partial charge in [-0.1, -0.05) is 6.07 Å². The molecule has 8 heteroatoms. The largest absolute Gasteiger partial charge is 0.457 e. The highest BCUT2D eigenvalue weighted by atomic mass is 16.5. The van der Waals surface area contributed by atoms with Gasteiger partial charge in [0.25, 0.3) is 0 Å². The number of hydrogen-bond donors (Lipinski definition) is 1. The van der Waals surface area contributed by atoms with Crippen LogP contribution in [0.2, 0.25) is 0 Å². The number of piperidine rings is 1. The second-order valence-electron chi connectivity index (χ2n) is 10.5. The Bertz CT molecular complexity index is 1100. The molecule has 0 bridgehead atoms. The van der Waals surface area contributed by atoms with Crippen LogP contribution < -0.4 is 0 Å². The van der Waals surface area contributed by atoms with E-state index in [0.717, 1.165) is 67.6 Å². The van der Waals surface area contributed by atoms with Gasteiger partial charge in [-0.15, -0.1) is 0 Å². The molecule has 5 aliphatic rings. The van der Waals surface area contributed by atoms with Crippen LogP contribution in [0.4, 0.5) is 0 Å². The third kappa shape index (κ3) is 3.46. The highest BCUT2D eigenvalue weighted by molar-refractivity contribution is 5.94. The van der Waals surface area contributed by atoms with Crippen LogP contribution in [0.1, 0.15) is 65.3 Å². The van der Waals surface area contributed by atoms with Crippen molar-refractivity contribution < 1.29 is 29.0 Å². The molecule has 1 aliphatic carbocycles. The zero-order chi connectivity index (χ0) is 23.6. The Hall–Kier alpha value is -2.71. The molecule has 8 nitrogen and oxygen atoms in total. The molecule has 34 heavy (non-hydrogen) atoms. The predicted octanol–water partition coefficient (Wildman–Crippen LogP) is 2.23. The van der Waals surface area contributed by atoms with Crippen LogP contribution in [0.15, 0.2) is 23.9 Å². The van der Waals surface area contributed by atoms with Gasteiger partial charge < -0.3 is 24.4 Å². The zero-order valence-electron chi connectivity index (χ0n) is 19.4. The number of aliphatic hydroxyl groups is 1. The number of hydrogen-bond acceptors (Lipinski definition) is 7. The van der Waals surface area contributed by atoms with Crippen molar-refractivity contribution >= 4 is 17.8 Å². The summed E-state index contributed by atoms with van der Waals surface area (Å²) in [4.78, 5) is 41.2. The summed E-state index contributed by atoms with van der Waals surface area (Å²) in [5.74, 6) is 0.0103. The quantitative estimate of drug-likeness (QED) is 0.665. The van der Waals surface area contributed by atoms with Crippen molar-refractivity contribution in [1.82, 2.24) is 9.80 Å². The first-order valence-electron chi connectivity index (χ1n) is 12.3. The Kier molecular flexibility index (Phi) is 5.08. The van der Waals surface area contributed by atoms with Gasteiger partial charge in [0.2, 0.25) is 5.91 Å². The lowest BCUT2D eigenvalue weighted by Crippen LogP contribution is -2.45. The molecule has 0 aromatic heterocycles. The molecule has 6 rings (SSSR count). The molecule has 4 heterocycles. The number of aliphatic hydroxyl groups excluding tert-OH is 1. The molecular formula is C26H30N2O6. The number of rotatable bonds is 5. The fraction of sp³-hybridized carbons (Fsp3) is 0.577. The Labute approximate surface area is 198 Å². The van der Waals surface area contributed by atoms with Crippen molar-refractivity contribution in [2.75, 3.05) is 26.2 Å². The van der Waals surface area contributed by atoms with Gasteiger partial charge in [0.15, 0.2) is 0 Å².